The van der Waals surface area contributed by atoms with Gasteiger partial charge in [-0.1, -0.05) is 54.1 Å². The maximum atomic E-state index is 12.3. The van der Waals surface area contributed by atoms with Crippen LogP contribution in [0.5, 0.6) is 5.75 Å². The van der Waals surface area contributed by atoms with Crippen LogP contribution in [0.25, 0.3) is 10.8 Å². The predicted molar refractivity (Wildman–Crippen MR) is 110 cm³/mol. The van der Waals surface area contributed by atoms with Crippen LogP contribution in [0, 0.1) is 0 Å². The molecule has 0 bridgehead atoms. The van der Waals surface area contributed by atoms with E-state index in [1.165, 1.54) is 6.07 Å². The number of anilines is 1. The molecule has 0 amide bonds. The topological polar surface area (TPSA) is 65.1 Å². The number of H-pyrrole nitrogens is 1. The molecule has 0 saturated carbocycles. The lowest BCUT2D eigenvalue weighted by atomic mass is 9.92. The number of pyridine rings is 1. The third-order valence-corrected chi connectivity index (χ3v) is 4.82. The minimum atomic E-state index is -0.433. The Labute approximate surface area is 161 Å². The van der Waals surface area contributed by atoms with Gasteiger partial charge < -0.3 is 15.4 Å². The van der Waals surface area contributed by atoms with Crippen LogP contribution in [-0.4, -0.2) is 10.1 Å². The molecule has 3 aromatic carbocycles. The van der Waals surface area contributed by atoms with Gasteiger partial charge in [0.05, 0.1) is 11.7 Å². The molecule has 0 radical (unpaired) electrons. The normalized spacial score (nSPS) is 12.0. The molecular formula is C22H17ClN2O2. The van der Waals surface area contributed by atoms with E-state index in [4.69, 9.17) is 11.6 Å². The Morgan fingerprint density at radius 3 is 2.52 bits per heavy atom. The standard InChI is InChI=1S/C22H17ClN2O2/c23-16-8-5-15(6-9-16)22(25-18-13-24-12-11-19(18)26)21-17-4-2-1-3-14(17)7-10-20(21)27/h1-13,22,25,27H,(H,24,26). The molecule has 3 N–H and O–H groups in total. The highest BCUT2D eigenvalue weighted by atomic mass is 35.5. The highest BCUT2D eigenvalue weighted by molar-refractivity contribution is 6.30. The van der Waals surface area contributed by atoms with Gasteiger partial charge in [-0.2, -0.15) is 0 Å². The fourth-order valence-corrected chi connectivity index (χ4v) is 3.38. The molecule has 5 heteroatoms. The summed E-state index contributed by atoms with van der Waals surface area (Å²) in [5.41, 5.74) is 1.88. The van der Waals surface area contributed by atoms with Crippen LogP contribution in [0.3, 0.4) is 0 Å². The van der Waals surface area contributed by atoms with Gasteiger partial charge in [-0.25, -0.2) is 0 Å². The number of nitrogens with one attached hydrogen (secondary N) is 2. The van der Waals surface area contributed by atoms with Crippen molar-refractivity contribution in [2.45, 2.75) is 6.04 Å². The molecule has 0 aliphatic carbocycles. The van der Waals surface area contributed by atoms with Gasteiger partial charge in [-0.15, -0.1) is 0 Å². The first kappa shape index (κ1) is 17.2. The van der Waals surface area contributed by atoms with E-state index in [-0.39, 0.29) is 11.2 Å². The Bertz CT molecular complexity index is 1150. The number of aromatic amines is 1. The highest BCUT2D eigenvalue weighted by Crippen LogP contribution is 2.37. The van der Waals surface area contributed by atoms with Gasteiger partial charge in [-0.05, 0) is 34.5 Å². The molecule has 1 heterocycles. The number of fused-ring (bicyclic) bond motifs is 1. The van der Waals surface area contributed by atoms with Crippen molar-refractivity contribution in [1.82, 2.24) is 4.98 Å². The first-order valence-electron chi connectivity index (χ1n) is 8.53. The molecule has 4 nitrogen and oxygen atoms in total. The van der Waals surface area contributed by atoms with Crippen molar-refractivity contribution in [3.8, 4) is 5.75 Å². The summed E-state index contributed by atoms with van der Waals surface area (Å²) in [5, 5.41) is 16.5. The Balaban J connectivity index is 1.93. The number of halogens is 1. The van der Waals surface area contributed by atoms with Crippen molar-refractivity contribution in [3.05, 3.63) is 105 Å². The van der Waals surface area contributed by atoms with E-state index in [0.29, 0.717) is 16.3 Å². The lowest BCUT2D eigenvalue weighted by molar-refractivity contribution is 0.468. The van der Waals surface area contributed by atoms with Gasteiger partial charge in [0.25, 0.3) is 0 Å². The van der Waals surface area contributed by atoms with E-state index >= 15 is 0 Å². The smallest absolute Gasteiger partial charge is 0.204 e. The first-order chi connectivity index (χ1) is 13.1. The van der Waals surface area contributed by atoms with Crippen LogP contribution in [0.2, 0.25) is 5.02 Å². The summed E-state index contributed by atoms with van der Waals surface area (Å²) in [5.74, 6) is 0.161. The number of aromatic hydroxyl groups is 1. The van der Waals surface area contributed by atoms with Crippen molar-refractivity contribution in [2.75, 3.05) is 5.32 Å². The van der Waals surface area contributed by atoms with Crippen LogP contribution in [0.1, 0.15) is 17.2 Å². The van der Waals surface area contributed by atoms with E-state index < -0.39 is 6.04 Å². The summed E-state index contributed by atoms with van der Waals surface area (Å²) in [6.07, 6.45) is 3.20. The second-order valence-corrected chi connectivity index (χ2v) is 6.71. The van der Waals surface area contributed by atoms with Crippen molar-refractivity contribution >= 4 is 28.1 Å². The number of benzene rings is 3. The number of rotatable bonds is 4. The third kappa shape index (κ3) is 3.39. The van der Waals surface area contributed by atoms with Crippen molar-refractivity contribution in [2.24, 2.45) is 0 Å². The van der Waals surface area contributed by atoms with Gasteiger partial charge in [0.15, 0.2) is 0 Å². The SMILES string of the molecule is O=c1cc[nH]cc1NC(c1ccc(Cl)cc1)c1c(O)ccc2ccccc12. The zero-order valence-electron chi connectivity index (χ0n) is 14.3. The van der Waals surface area contributed by atoms with Crippen molar-refractivity contribution < 1.29 is 5.11 Å². The summed E-state index contributed by atoms with van der Waals surface area (Å²) >= 11 is 6.05. The maximum absolute atomic E-state index is 12.3. The van der Waals surface area contributed by atoms with E-state index in [0.717, 1.165) is 16.3 Å². The second-order valence-electron chi connectivity index (χ2n) is 6.27. The highest BCUT2D eigenvalue weighted by Gasteiger charge is 2.21. The number of phenolic OH excluding ortho intramolecular Hbond substituents is 1. The fourth-order valence-electron chi connectivity index (χ4n) is 3.25. The molecule has 27 heavy (non-hydrogen) atoms. The van der Waals surface area contributed by atoms with Gasteiger partial charge >= 0.3 is 0 Å². The van der Waals surface area contributed by atoms with Crippen molar-refractivity contribution in [3.63, 3.8) is 0 Å². The zero-order chi connectivity index (χ0) is 18.8. The zero-order valence-corrected chi connectivity index (χ0v) is 15.1. The summed E-state index contributed by atoms with van der Waals surface area (Å²) < 4.78 is 0. The Kier molecular flexibility index (Phi) is 4.57. The predicted octanol–water partition coefficient (Wildman–Crippen LogP) is 5.09. The lowest BCUT2D eigenvalue weighted by Crippen LogP contribution is -2.18. The van der Waals surface area contributed by atoms with Crippen LogP contribution in [0.4, 0.5) is 5.69 Å². The van der Waals surface area contributed by atoms with Crippen LogP contribution in [0.15, 0.2) is 83.9 Å². The first-order valence-corrected chi connectivity index (χ1v) is 8.91. The minimum absolute atomic E-state index is 0.132. The molecule has 0 fully saturated rings. The molecule has 1 aromatic heterocycles. The molecule has 0 saturated heterocycles. The van der Waals surface area contributed by atoms with Crippen LogP contribution >= 0.6 is 11.6 Å². The summed E-state index contributed by atoms with van der Waals surface area (Å²) in [6.45, 7) is 0. The van der Waals surface area contributed by atoms with E-state index in [9.17, 15) is 9.90 Å². The van der Waals surface area contributed by atoms with Gasteiger partial charge in [-0.3, -0.25) is 4.79 Å². The quantitative estimate of drug-likeness (QED) is 0.465. The van der Waals surface area contributed by atoms with Crippen LogP contribution in [-0.2, 0) is 0 Å². The van der Waals surface area contributed by atoms with Crippen molar-refractivity contribution in [1.29, 1.82) is 0 Å². The Morgan fingerprint density at radius 1 is 0.963 bits per heavy atom. The summed E-state index contributed by atoms with van der Waals surface area (Å²) in [4.78, 5) is 15.2. The molecule has 4 aromatic rings. The molecule has 1 atom stereocenters. The molecular weight excluding hydrogens is 360 g/mol. The molecule has 134 valence electrons. The Hall–Kier alpha value is -3.24. The Morgan fingerprint density at radius 2 is 1.74 bits per heavy atom. The summed E-state index contributed by atoms with van der Waals surface area (Å²) in [7, 11) is 0. The lowest BCUT2D eigenvalue weighted by Gasteiger charge is -2.23. The second kappa shape index (κ2) is 7.17. The molecule has 1 unspecified atom stereocenters. The molecule has 0 spiro atoms. The minimum Gasteiger partial charge on any atom is -0.508 e. The molecule has 4 rings (SSSR count). The number of hydrogen-bond donors (Lipinski definition) is 3. The number of hydrogen-bond acceptors (Lipinski definition) is 3. The van der Waals surface area contributed by atoms with Crippen LogP contribution < -0.4 is 10.7 Å². The third-order valence-electron chi connectivity index (χ3n) is 4.56. The monoisotopic (exact) mass is 376 g/mol. The van der Waals surface area contributed by atoms with Gasteiger partial charge in [0.1, 0.15) is 5.75 Å². The maximum Gasteiger partial charge on any atom is 0.204 e. The summed E-state index contributed by atoms with van der Waals surface area (Å²) in [6, 6.07) is 19.8. The number of phenols is 1. The fraction of sp³-hybridized carbons (Fsp3) is 0.0455. The largest absolute Gasteiger partial charge is 0.508 e. The van der Waals surface area contributed by atoms with E-state index in [1.807, 2.05) is 42.5 Å². The van der Waals surface area contributed by atoms with E-state index in [1.54, 1.807) is 30.6 Å². The average molecular weight is 377 g/mol. The van der Waals surface area contributed by atoms with Gasteiger partial charge in [0, 0.05) is 29.0 Å². The number of aromatic nitrogens is 1. The average Bonchev–Trinajstić information content (AvgIpc) is 2.69. The van der Waals surface area contributed by atoms with E-state index in [2.05, 4.69) is 10.3 Å². The van der Waals surface area contributed by atoms with Gasteiger partial charge in [0.2, 0.25) is 5.43 Å². The molecule has 0 aliphatic rings. The molecule has 0 aliphatic heterocycles.